The number of benzene rings is 2. The van der Waals surface area contributed by atoms with Crippen LogP contribution in [0.25, 0.3) is 0 Å². The van der Waals surface area contributed by atoms with Crippen LogP contribution in [0.4, 0.5) is 5.69 Å². The van der Waals surface area contributed by atoms with Gasteiger partial charge >= 0.3 is 0 Å². The van der Waals surface area contributed by atoms with Gasteiger partial charge in [0.25, 0.3) is 0 Å². The van der Waals surface area contributed by atoms with Crippen LogP contribution in [0, 0.1) is 41.4 Å². The average Bonchev–Trinajstić information content (AvgIpc) is 3.81. The molecule has 2 bridgehead atoms. The number of nitrogens with zero attached hydrogens (tertiary/aromatic N) is 2. The van der Waals surface area contributed by atoms with E-state index in [0.29, 0.717) is 12.5 Å². The summed E-state index contributed by atoms with van der Waals surface area (Å²) >= 11 is 0. The Morgan fingerprint density at radius 1 is 0.759 bits per heavy atom. The van der Waals surface area contributed by atoms with Gasteiger partial charge in [-0.15, -0.1) is 0 Å². The number of ether oxygens (including phenoxy) is 1. The van der Waals surface area contributed by atoms with Crippen molar-refractivity contribution in [3.63, 3.8) is 0 Å². The lowest BCUT2D eigenvalue weighted by Crippen LogP contribution is -2.44. The molecule has 5 amide bonds. The molecule has 11 heteroatoms. The van der Waals surface area contributed by atoms with Gasteiger partial charge in [0, 0.05) is 50.0 Å². The predicted octanol–water partition coefficient (Wildman–Crippen LogP) is 6.84. The number of nitrogens with one attached hydrogen (secondary N) is 2. The maximum atomic E-state index is 13.6. The van der Waals surface area contributed by atoms with E-state index in [2.05, 4.69) is 76.2 Å². The van der Waals surface area contributed by atoms with Gasteiger partial charge in [-0.3, -0.25) is 28.9 Å². The summed E-state index contributed by atoms with van der Waals surface area (Å²) in [6, 6.07) is 16.7. The molecule has 4 unspecified atom stereocenters. The molecule has 2 aliphatic carbocycles. The molecule has 2 fully saturated rings. The summed E-state index contributed by atoms with van der Waals surface area (Å²) in [4.78, 5) is 68.8. The van der Waals surface area contributed by atoms with Crippen LogP contribution in [-0.2, 0) is 35.3 Å². The first kappa shape index (κ1) is 43.1. The van der Waals surface area contributed by atoms with Crippen molar-refractivity contribution in [2.75, 3.05) is 37.7 Å². The summed E-state index contributed by atoms with van der Waals surface area (Å²) in [5.41, 5.74) is 5.55. The molecule has 2 aromatic rings. The van der Waals surface area contributed by atoms with Gasteiger partial charge in [-0.2, -0.15) is 0 Å². The maximum Gasteiger partial charge on any atom is 0.233 e. The highest BCUT2D eigenvalue weighted by molar-refractivity contribution is 6.83. The molecule has 310 valence electrons. The van der Waals surface area contributed by atoms with Gasteiger partial charge in [0.05, 0.1) is 45.4 Å². The number of allylic oxidation sites excluding steroid dienone is 2. The van der Waals surface area contributed by atoms with Crippen molar-refractivity contribution in [1.82, 2.24) is 15.5 Å². The minimum absolute atomic E-state index is 0.0412. The van der Waals surface area contributed by atoms with Crippen molar-refractivity contribution in [3.8, 4) is 11.8 Å². The normalized spacial score (nSPS) is 21.8. The van der Waals surface area contributed by atoms with Crippen LogP contribution in [0.3, 0.4) is 0 Å². The number of imide groups is 1. The fraction of sp³-hybridized carbons (Fsp3) is 0.553. The first-order valence-corrected chi connectivity index (χ1v) is 23.9. The number of carbonyl (C=O) groups is 5. The standard InChI is InChI=1S/C47H62N4O6Si/c1-31(2)58(32(3)4,33(5)6)29-11-15-37-38-19-20-39(37)45-44(38)46(55)50(47(45)56)26-22-41(52)49-25-28-57-27-23-42(53)48-24-21-43(54)51-30-36-14-8-7-12-34(36)17-18-35-13-9-10-16-40(35)51/h7-10,12-14,16,19-20,31-33,37-39,44-45H,11,15,21-30H2,1-6H3,(H,48,53)(H,49,52). The monoisotopic (exact) mass is 806 g/mol. The van der Waals surface area contributed by atoms with Gasteiger partial charge in [-0.05, 0) is 47.9 Å². The highest BCUT2D eigenvalue weighted by atomic mass is 28.3. The summed E-state index contributed by atoms with van der Waals surface area (Å²) in [6.07, 6.45) is 6.89. The van der Waals surface area contributed by atoms with Crippen molar-refractivity contribution in [2.45, 2.75) is 103 Å². The number of carbonyl (C=O) groups excluding carboxylic acids is 5. The maximum absolute atomic E-state index is 13.6. The molecule has 10 nitrogen and oxygen atoms in total. The molecule has 0 aromatic heterocycles. The summed E-state index contributed by atoms with van der Waals surface area (Å²) < 4.78 is 5.57. The van der Waals surface area contributed by atoms with Crippen molar-refractivity contribution < 1.29 is 28.7 Å². The first-order chi connectivity index (χ1) is 27.8. The summed E-state index contributed by atoms with van der Waals surface area (Å²) in [5.74, 6) is 5.58. The zero-order chi connectivity index (χ0) is 41.6. The number of para-hydroxylation sites is 1. The third-order valence-electron chi connectivity index (χ3n) is 13.7. The van der Waals surface area contributed by atoms with Crippen LogP contribution in [0.15, 0.2) is 60.7 Å². The van der Waals surface area contributed by atoms with Crippen molar-refractivity contribution in [1.29, 1.82) is 0 Å². The van der Waals surface area contributed by atoms with Crippen molar-refractivity contribution in [3.05, 3.63) is 77.4 Å². The van der Waals surface area contributed by atoms with E-state index in [1.54, 1.807) is 4.90 Å². The Kier molecular flexibility index (Phi) is 14.1. The summed E-state index contributed by atoms with van der Waals surface area (Å²) in [5, 5.41) is 5.60. The van der Waals surface area contributed by atoms with Gasteiger partial charge in [0.1, 0.15) is 0 Å². The third-order valence-corrected chi connectivity index (χ3v) is 21.3. The number of amides is 5. The fourth-order valence-corrected chi connectivity index (χ4v) is 17.4. The molecule has 1 saturated heterocycles. The smallest absolute Gasteiger partial charge is 0.233 e. The molecule has 2 N–H and O–H groups in total. The molecule has 6 rings (SSSR count). The Hall–Kier alpha value is -4.53. The molecule has 58 heavy (non-hydrogen) atoms. The second kappa shape index (κ2) is 19.0. The van der Waals surface area contributed by atoms with E-state index >= 15 is 0 Å². The fourth-order valence-electron chi connectivity index (χ4n) is 10.8. The number of hydrogen-bond acceptors (Lipinski definition) is 6. The Bertz CT molecular complexity index is 1890. The molecular formula is C47H62N4O6Si. The number of fused-ring (bicyclic) bond motifs is 7. The Balaban J connectivity index is 0.855. The topological polar surface area (TPSA) is 125 Å². The number of anilines is 1. The molecule has 0 radical (unpaired) electrons. The van der Waals surface area contributed by atoms with Gasteiger partial charge in [0.15, 0.2) is 0 Å². The Morgan fingerprint density at radius 3 is 2.02 bits per heavy atom. The SMILES string of the molecule is CC(C)[Si](CCCC1C2C=CC1C1C(=O)N(CCC(=O)NCCOCCC(=O)NCCC(=O)N3Cc4ccccc4C#Cc4ccccc43)C(=O)C21)(C(C)C)C(C)C. The lowest BCUT2D eigenvalue weighted by atomic mass is 9.85. The van der Waals surface area contributed by atoms with E-state index in [1.807, 2.05) is 48.5 Å². The van der Waals surface area contributed by atoms with E-state index in [1.165, 1.54) is 10.9 Å². The lowest BCUT2D eigenvalue weighted by Gasteiger charge is -2.43. The van der Waals surface area contributed by atoms with E-state index in [4.69, 9.17) is 4.74 Å². The first-order valence-electron chi connectivity index (χ1n) is 21.5. The molecule has 4 atom stereocenters. The zero-order valence-electron chi connectivity index (χ0n) is 35.2. The predicted molar refractivity (Wildman–Crippen MR) is 229 cm³/mol. The summed E-state index contributed by atoms with van der Waals surface area (Å²) in [6.45, 7) is 15.7. The van der Waals surface area contributed by atoms with Crippen LogP contribution < -0.4 is 15.5 Å². The van der Waals surface area contributed by atoms with Crippen molar-refractivity contribution >= 4 is 43.3 Å². The van der Waals surface area contributed by atoms with E-state index in [-0.39, 0.29) is 105 Å². The van der Waals surface area contributed by atoms with E-state index in [9.17, 15) is 24.0 Å². The number of hydrogen-bond donors (Lipinski definition) is 2. The number of likely N-dealkylation sites (tertiary alicyclic amines) is 1. The quantitative estimate of drug-likeness (QED) is 0.0527. The Labute approximate surface area is 345 Å². The second-order valence-corrected chi connectivity index (χ2v) is 23.7. The largest absolute Gasteiger partial charge is 0.379 e. The lowest BCUT2D eigenvalue weighted by molar-refractivity contribution is -0.141. The molecule has 0 spiro atoms. The van der Waals surface area contributed by atoms with E-state index < -0.39 is 8.07 Å². The molecule has 2 aliphatic heterocycles. The molecule has 4 aliphatic rings. The second-order valence-electron chi connectivity index (χ2n) is 17.5. The van der Waals surface area contributed by atoms with Crippen LogP contribution in [0.1, 0.15) is 90.3 Å². The average molecular weight is 807 g/mol. The highest BCUT2D eigenvalue weighted by Crippen LogP contribution is 2.58. The molecular weight excluding hydrogens is 745 g/mol. The van der Waals surface area contributed by atoms with Gasteiger partial charge in [-0.1, -0.05) is 125 Å². The Morgan fingerprint density at radius 2 is 1.34 bits per heavy atom. The van der Waals surface area contributed by atoms with Crippen LogP contribution >= 0.6 is 0 Å². The van der Waals surface area contributed by atoms with E-state index in [0.717, 1.165) is 51.8 Å². The van der Waals surface area contributed by atoms with Gasteiger partial charge in [0.2, 0.25) is 29.5 Å². The highest BCUT2D eigenvalue weighted by Gasteiger charge is 2.63. The zero-order valence-corrected chi connectivity index (χ0v) is 36.2. The third kappa shape index (κ3) is 9.03. The van der Waals surface area contributed by atoms with Gasteiger partial charge in [-0.25, -0.2) is 0 Å². The molecule has 1 saturated carbocycles. The minimum Gasteiger partial charge on any atom is -0.379 e. The summed E-state index contributed by atoms with van der Waals surface area (Å²) in [7, 11) is -1.50. The van der Waals surface area contributed by atoms with Crippen LogP contribution in [0.5, 0.6) is 0 Å². The van der Waals surface area contributed by atoms with Gasteiger partial charge < -0.3 is 20.3 Å². The number of rotatable bonds is 19. The molecule has 2 aromatic carbocycles. The molecule has 2 heterocycles. The van der Waals surface area contributed by atoms with Crippen LogP contribution in [-0.4, -0.2) is 75.4 Å². The minimum atomic E-state index is -1.50. The van der Waals surface area contributed by atoms with Crippen molar-refractivity contribution in [2.24, 2.45) is 29.6 Å². The van der Waals surface area contributed by atoms with Crippen LogP contribution in [0.2, 0.25) is 22.7 Å².